The van der Waals surface area contributed by atoms with Crippen LogP contribution in [0.2, 0.25) is 0 Å². The number of rotatable bonds is 4. The van der Waals surface area contributed by atoms with Crippen molar-refractivity contribution < 1.29 is 8.42 Å². The van der Waals surface area contributed by atoms with Gasteiger partial charge in [0, 0.05) is 12.4 Å². The van der Waals surface area contributed by atoms with E-state index in [0.29, 0.717) is 0 Å². The first-order chi connectivity index (χ1) is 4.58. The fourth-order valence-electron chi connectivity index (χ4n) is 0.451. The summed E-state index contributed by atoms with van der Waals surface area (Å²) in [4.78, 5) is 0. The van der Waals surface area contributed by atoms with Crippen molar-refractivity contribution in [3.05, 3.63) is 25.6 Å². The maximum atomic E-state index is 10.9. The molecule has 10 heavy (non-hydrogen) atoms. The third-order valence-electron chi connectivity index (χ3n) is 1.05. The van der Waals surface area contributed by atoms with Crippen molar-refractivity contribution in [3.8, 4) is 0 Å². The molecule has 0 aliphatic heterocycles. The first-order valence-electron chi connectivity index (χ1n) is 2.84. The maximum Gasteiger partial charge on any atom is 0.238 e. The van der Waals surface area contributed by atoms with Crippen molar-refractivity contribution in [3.63, 3.8) is 0 Å². The highest BCUT2D eigenvalue weighted by Gasteiger charge is 2.10. The Morgan fingerprint density at radius 3 is 1.90 bits per heavy atom. The molecule has 58 valence electrons. The molecule has 0 unspecified atom stereocenters. The van der Waals surface area contributed by atoms with Gasteiger partial charge < -0.3 is 0 Å². The minimum absolute atomic E-state index is 0.0606. The molecule has 0 spiro atoms. The van der Waals surface area contributed by atoms with Gasteiger partial charge in [0.1, 0.15) is 0 Å². The van der Waals surface area contributed by atoms with Gasteiger partial charge in [0.15, 0.2) is 0 Å². The van der Waals surface area contributed by atoms with Crippen LogP contribution < -0.4 is 0 Å². The summed E-state index contributed by atoms with van der Waals surface area (Å²) in [5.41, 5.74) is 0. The fraction of sp³-hybridized carbons (Fsp3) is 0.333. The molecule has 0 fully saturated rings. The van der Waals surface area contributed by atoms with Crippen LogP contribution in [0.5, 0.6) is 0 Å². The second kappa shape index (κ2) is 3.41. The van der Waals surface area contributed by atoms with E-state index in [-0.39, 0.29) is 5.75 Å². The van der Waals surface area contributed by atoms with Crippen LogP contribution in [0.4, 0.5) is 0 Å². The number of nitrogens with zero attached hydrogens (tertiary/aromatic N) is 1. The average Bonchev–Trinajstić information content (AvgIpc) is 1.90. The van der Waals surface area contributed by atoms with E-state index in [1.54, 1.807) is 6.92 Å². The van der Waals surface area contributed by atoms with Gasteiger partial charge >= 0.3 is 0 Å². The predicted molar refractivity (Wildman–Crippen MR) is 41.7 cm³/mol. The zero-order valence-electron chi connectivity index (χ0n) is 5.95. The summed E-state index contributed by atoms with van der Waals surface area (Å²) < 4.78 is 22.9. The van der Waals surface area contributed by atoms with Crippen molar-refractivity contribution in [2.45, 2.75) is 6.92 Å². The van der Waals surface area contributed by atoms with Crippen molar-refractivity contribution in [1.29, 1.82) is 0 Å². The second-order valence-corrected chi connectivity index (χ2v) is 3.76. The van der Waals surface area contributed by atoms with Crippen molar-refractivity contribution >= 4 is 10.0 Å². The fourth-order valence-corrected chi connectivity index (χ4v) is 1.20. The van der Waals surface area contributed by atoms with Crippen LogP contribution >= 0.6 is 0 Å². The molecule has 0 saturated heterocycles. The Bertz CT molecular complexity index is 210. The molecule has 4 heteroatoms. The third kappa shape index (κ3) is 1.88. The van der Waals surface area contributed by atoms with Crippen molar-refractivity contribution in [2.24, 2.45) is 0 Å². The molecular weight excluding hydrogens is 150 g/mol. The molecule has 0 N–H and O–H groups in total. The molecule has 0 aromatic rings. The molecule has 0 aromatic heterocycles. The summed E-state index contributed by atoms with van der Waals surface area (Å²) in [5.74, 6) is 0.0606. The predicted octanol–water partition coefficient (Wildman–Crippen LogP) is 0.925. The van der Waals surface area contributed by atoms with Crippen LogP contribution in [0.3, 0.4) is 0 Å². The molecule has 0 aromatic carbocycles. The summed E-state index contributed by atoms with van der Waals surface area (Å²) in [7, 11) is -3.16. The SMILES string of the molecule is C=CN(C=C)S(=O)(=O)CC. The van der Waals surface area contributed by atoms with E-state index < -0.39 is 10.0 Å². The van der Waals surface area contributed by atoms with Crippen LogP contribution in [0, 0.1) is 0 Å². The first-order valence-corrected chi connectivity index (χ1v) is 4.45. The van der Waals surface area contributed by atoms with E-state index in [1.807, 2.05) is 0 Å². The van der Waals surface area contributed by atoms with Gasteiger partial charge in [-0.15, -0.1) is 0 Å². The normalized spacial score (nSPS) is 10.5. The number of hydrogen-bond donors (Lipinski definition) is 0. The van der Waals surface area contributed by atoms with E-state index in [1.165, 1.54) is 12.4 Å². The Hall–Kier alpha value is -0.770. The lowest BCUT2D eigenvalue weighted by atomic mass is 10.9. The molecule has 0 radical (unpaired) electrons. The molecule has 0 rings (SSSR count). The topological polar surface area (TPSA) is 37.4 Å². The highest BCUT2D eigenvalue weighted by molar-refractivity contribution is 7.89. The largest absolute Gasteiger partial charge is 0.254 e. The molecule has 0 atom stereocenters. The lowest BCUT2D eigenvalue weighted by Gasteiger charge is -2.12. The number of sulfonamides is 1. The summed E-state index contributed by atoms with van der Waals surface area (Å²) in [5, 5.41) is 0. The van der Waals surface area contributed by atoms with Gasteiger partial charge in [0.05, 0.1) is 5.75 Å². The zero-order chi connectivity index (χ0) is 8.20. The Morgan fingerprint density at radius 1 is 1.40 bits per heavy atom. The quantitative estimate of drug-likeness (QED) is 0.615. The van der Waals surface area contributed by atoms with Gasteiger partial charge in [-0.25, -0.2) is 8.42 Å². The molecule has 0 bridgehead atoms. The lowest BCUT2D eigenvalue weighted by Crippen LogP contribution is -2.21. The summed E-state index contributed by atoms with van der Waals surface area (Å²) in [6.07, 6.45) is 2.43. The Labute approximate surface area is 61.7 Å². The molecule has 0 saturated carbocycles. The summed E-state index contributed by atoms with van der Waals surface area (Å²) in [6.45, 7) is 8.21. The second-order valence-electron chi connectivity index (χ2n) is 1.60. The van der Waals surface area contributed by atoms with Crippen LogP contribution in [0.1, 0.15) is 6.92 Å². The number of hydrogen-bond acceptors (Lipinski definition) is 2. The standard InChI is InChI=1S/C6H11NO2S/c1-4-7(5-2)10(8,9)6-3/h4-5H,1-2,6H2,3H3. The van der Waals surface area contributed by atoms with Crippen LogP contribution in [0.25, 0.3) is 0 Å². The average molecular weight is 161 g/mol. The van der Waals surface area contributed by atoms with E-state index >= 15 is 0 Å². The van der Waals surface area contributed by atoms with E-state index in [0.717, 1.165) is 4.31 Å². The molecule has 0 aliphatic rings. The third-order valence-corrected chi connectivity index (χ3v) is 2.72. The monoisotopic (exact) mass is 161 g/mol. The van der Waals surface area contributed by atoms with Gasteiger partial charge in [0.25, 0.3) is 0 Å². The zero-order valence-corrected chi connectivity index (χ0v) is 6.76. The van der Waals surface area contributed by atoms with Crippen LogP contribution in [-0.4, -0.2) is 18.5 Å². The molecule has 0 heterocycles. The van der Waals surface area contributed by atoms with E-state index in [2.05, 4.69) is 13.2 Å². The van der Waals surface area contributed by atoms with Crippen molar-refractivity contribution in [2.75, 3.05) is 5.75 Å². The van der Waals surface area contributed by atoms with E-state index in [4.69, 9.17) is 0 Å². The highest BCUT2D eigenvalue weighted by Crippen LogP contribution is 2.00. The van der Waals surface area contributed by atoms with Gasteiger partial charge in [-0.1, -0.05) is 13.2 Å². The Kier molecular flexibility index (Phi) is 3.15. The summed E-state index contributed by atoms with van der Waals surface area (Å²) in [6, 6.07) is 0. The molecule has 0 amide bonds. The van der Waals surface area contributed by atoms with Crippen LogP contribution in [0.15, 0.2) is 25.6 Å². The summed E-state index contributed by atoms with van der Waals surface area (Å²) >= 11 is 0. The Morgan fingerprint density at radius 2 is 1.80 bits per heavy atom. The van der Waals surface area contributed by atoms with E-state index in [9.17, 15) is 8.42 Å². The lowest BCUT2D eigenvalue weighted by molar-refractivity contribution is 0.555. The molecular formula is C6H11NO2S. The van der Waals surface area contributed by atoms with Crippen molar-refractivity contribution in [1.82, 2.24) is 4.31 Å². The highest BCUT2D eigenvalue weighted by atomic mass is 32.2. The molecule has 0 aliphatic carbocycles. The van der Waals surface area contributed by atoms with Gasteiger partial charge in [-0.05, 0) is 6.92 Å². The van der Waals surface area contributed by atoms with Gasteiger partial charge in [-0.3, -0.25) is 4.31 Å². The smallest absolute Gasteiger partial charge is 0.238 e. The minimum atomic E-state index is -3.16. The molecule has 3 nitrogen and oxygen atoms in total. The Balaban J connectivity index is 4.59. The minimum Gasteiger partial charge on any atom is -0.254 e. The van der Waals surface area contributed by atoms with Gasteiger partial charge in [-0.2, -0.15) is 0 Å². The van der Waals surface area contributed by atoms with Crippen LogP contribution in [-0.2, 0) is 10.0 Å². The first kappa shape index (κ1) is 9.23. The maximum absolute atomic E-state index is 10.9. The van der Waals surface area contributed by atoms with Gasteiger partial charge in [0.2, 0.25) is 10.0 Å².